The van der Waals surface area contributed by atoms with Crippen molar-refractivity contribution in [3.8, 4) is 0 Å². The molecule has 1 rings (SSSR count). The minimum atomic E-state index is 0.226. The third-order valence-corrected chi connectivity index (χ3v) is 2.49. The first-order valence-corrected chi connectivity index (χ1v) is 6.72. The second-order valence-corrected chi connectivity index (χ2v) is 3.60. The van der Waals surface area contributed by atoms with Crippen LogP contribution >= 0.6 is 0 Å². The Balaban J connectivity index is 0. The lowest BCUT2D eigenvalue weighted by Gasteiger charge is -2.30. The molecule has 0 aromatic rings. The fraction of sp³-hybridized carbons (Fsp3) is 0.923. The van der Waals surface area contributed by atoms with Gasteiger partial charge in [-0.25, -0.2) is 0 Å². The van der Waals surface area contributed by atoms with Crippen LogP contribution in [-0.4, -0.2) is 30.4 Å². The van der Waals surface area contributed by atoms with E-state index in [9.17, 15) is 4.79 Å². The van der Waals surface area contributed by atoms with Crippen molar-refractivity contribution in [2.24, 2.45) is 11.7 Å². The summed E-state index contributed by atoms with van der Waals surface area (Å²) in [5, 5.41) is 0. The van der Waals surface area contributed by atoms with Crippen LogP contribution < -0.4 is 5.73 Å². The lowest BCUT2D eigenvalue weighted by atomic mass is 9.99. The topological polar surface area (TPSA) is 46.3 Å². The summed E-state index contributed by atoms with van der Waals surface area (Å²) in [5.41, 5.74) is 5.32. The van der Waals surface area contributed by atoms with Crippen molar-refractivity contribution >= 4 is 5.91 Å². The van der Waals surface area contributed by atoms with E-state index in [4.69, 9.17) is 5.73 Å². The van der Waals surface area contributed by atoms with Gasteiger partial charge in [-0.05, 0) is 18.8 Å². The number of piperidine rings is 1. The zero-order chi connectivity index (χ0) is 13.0. The van der Waals surface area contributed by atoms with E-state index in [1.54, 1.807) is 0 Å². The van der Waals surface area contributed by atoms with Crippen LogP contribution in [0.5, 0.6) is 0 Å². The fourth-order valence-electron chi connectivity index (χ4n) is 1.54. The maximum absolute atomic E-state index is 11.4. The Bertz CT molecular complexity index is 152. The van der Waals surface area contributed by atoms with E-state index in [0.29, 0.717) is 13.0 Å². The second-order valence-electron chi connectivity index (χ2n) is 3.60. The Kier molecular flexibility index (Phi) is 13.9. The van der Waals surface area contributed by atoms with Gasteiger partial charge in [0.2, 0.25) is 5.91 Å². The molecule has 0 saturated carbocycles. The summed E-state index contributed by atoms with van der Waals surface area (Å²) in [6.45, 7) is 12.6. The van der Waals surface area contributed by atoms with Gasteiger partial charge in [0.1, 0.15) is 0 Å². The predicted molar refractivity (Wildman–Crippen MR) is 71.3 cm³/mol. The maximum Gasteiger partial charge on any atom is 0.223 e. The first-order chi connectivity index (χ1) is 7.74. The molecule has 1 amide bonds. The van der Waals surface area contributed by atoms with Gasteiger partial charge in [0.25, 0.3) is 0 Å². The minimum Gasteiger partial charge on any atom is -0.343 e. The summed E-state index contributed by atoms with van der Waals surface area (Å²) >= 11 is 0. The standard InChI is InChI=1S/C9H18N2O.2C2H6/c1-8-3-6-11(7-4-8)9(12)2-5-10;2*1-2/h8H,2-7,10H2,1H3;2*1-2H3. The Morgan fingerprint density at radius 1 is 1.19 bits per heavy atom. The summed E-state index contributed by atoms with van der Waals surface area (Å²) in [4.78, 5) is 13.3. The highest BCUT2D eigenvalue weighted by Gasteiger charge is 2.18. The zero-order valence-corrected chi connectivity index (χ0v) is 11.8. The number of amides is 1. The van der Waals surface area contributed by atoms with Crippen molar-refractivity contribution in [2.45, 2.75) is 53.9 Å². The number of hydrogen-bond donors (Lipinski definition) is 1. The van der Waals surface area contributed by atoms with Crippen molar-refractivity contribution in [2.75, 3.05) is 19.6 Å². The molecule has 0 bridgehead atoms. The number of nitrogens with two attached hydrogens (primary N) is 1. The van der Waals surface area contributed by atoms with E-state index < -0.39 is 0 Å². The summed E-state index contributed by atoms with van der Waals surface area (Å²) < 4.78 is 0. The number of nitrogens with zero attached hydrogens (tertiary/aromatic N) is 1. The molecule has 1 saturated heterocycles. The third-order valence-electron chi connectivity index (χ3n) is 2.49. The van der Waals surface area contributed by atoms with Crippen molar-refractivity contribution in [3.63, 3.8) is 0 Å². The van der Waals surface area contributed by atoms with Crippen LogP contribution in [0, 0.1) is 5.92 Å². The van der Waals surface area contributed by atoms with Gasteiger partial charge >= 0.3 is 0 Å². The second kappa shape index (κ2) is 12.5. The molecule has 0 spiro atoms. The first-order valence-electron chi connectivity index (χ1n) is 6.72. The fourth-order valence-corrected chi connectivity index (χ4v) is 1.54. The molecule has 1 aliphatic rings. The summed E-state index contributed by atoms with van der Waals surface area (Å²) in [7, 11) is 0. The monoisotopic (exact) mass is 230 g/mol. The molecule has 1 heterocycles. The number of carbonyl (C=O) groups excluding carboxylic acids is 1. The highest BCUT2D eigenvalue weighted by Crippen LogP contribution is 2.16. The van der Waals surface area contributed by atoms with Gasteiger partial charge in [-0.1, -0.05) is 34.6 Å². The van der Waals surface area contributed by atoms with Crippen LogP contribution in [0.25, 0.3) is 0 Å². The van der Waals surface area contributed by atoms with E-state index >= 15 is 0 Å². The van der Waals surface area contributed by atoms with Gasteiger partial charge in [0.05, 0.1) is 0 Å². The lowest BCUT2D eigenvalue weighted by Crippen LogP contribution is -2.38. The zero-order valence-electron chi connectivity index (χ0n) is 11.8. The lowest BCUT2D eigenvalue weighted by molar-refractivity contribution is -0.132. The SMILES string of the molecule is CC.CC.CC1CCN(C(=O)CCN)CC1. The summed E-state index contributed by atoms with van der Waals surface area (Å²) in [6, 6.07) is 0. The molecule has 1 fully saturated rings. The number of carbonyl (C=O) groups is 1. The van der Waals surface area contributed by atoms with Crippen molar-refractivity contribution < 1.29 is 4.79 Å². The highest BCUT2D eigenvalue weighted by molar-refractivity contribution is 5.76. The number of likely N-dealkylation sites (tertiary alicyclic amines) is 1. The van der Waals surface area contributed by atoms with Crippen LogP contribution in [0.1, 0.15) is 53.9 Å². The van der Waals surface area contributed by atoms with E-state index in [1.165, 1.54) is 0 Å². The van der Waals surface area contributed by atoms with E-state index in [0.717, 1.165) is 31.8 Å². The van der Waals surface area contributed by atoms with Gasteiger partial charge in [0.15, 0.2) is 0 Å². The molecule has 0 radical (unpaired) electrons. The number of rotatable bonds is 2. The maximum atomic E-state index is 11.4. The van der Waals surface area contributed by atoms with Crippen LogP contribution in [-0.2, 0) is 4.79 Å². The molecule has 16 heavy (non-hydrogen) atoms. The molecule has 0 atom stereocenters. The van der Waals surface area contributed by atoms with Crippen molar-refractivity contribution in [1.82, 2.24) is 4.90 Å². The van der Waals surface area contributed by atoms with Gasteiger partial charge in [-0.3, -0.25) is 4.79 Å². The first kappa shape index (κ1) is 17.8. The largest absolute Gasteiger partial charge is 0.343 e. The number of hydrogen-bond acceptors (Lipinski definition) is 2. The average molecular weight is 230 g/mol. The van der Waals surface area contributed by atoms with Gasteiger partial charge in [0, 0.05) is 26.1 Å². The predicted octanol–water partition coefficient (Wildman–Crippen LogP) is 2.65. The van der Waals surface area contributed by atoms with Crippen LogP contribution in [0.3, 0.4) is 0 Å². The molecule has 2 N–H and O–H groups in total. The molecule has 3 heteroatoms. The molecule has 0 aromatic heterocycles. The molecule has 3 nitrogen and oxygen atoms in total. The van der Waals surface area contributed by atoms with Gasteiger partial charge < -0.3 is 10.6 Å². The smallest absolute Gasteiger partial charge is 0.223 e. The van der Waals surface area contributed by atoms with Gasteiger partial charge in [-0.15, -0.1) is 0 Å². The molecule has 0 unspecified atom stereocenters. The van der Waals surface area contributed by atoms with Crippen LogP contribution in [0.2, 0.25) is 0 Å². The minimum absolute atomic E-state index is 0.226. The van der Waals surface area contributed by atoms with Crippen molar-refractivity contribution in [3.05, 3.63) is 0 Å². The van der Waals surface area contributed by atoms with Crippen molar-refractivity contribution in [1.29, 1.82) is 0 Å². The highest BCUT2D eigenvalue weighted by atomic mass is 16.2. The van der Waals surface area contributed by atoms with E-state index in [2.05, 4.69) is 6.92 Å². The average Bonchev–Trinajstić information content (AvgIpc) is 2.35. The van der Waals surface area contributed by atoms with Crippen LogP contribution in [0.4, 0.5) is 0 Å². The van der Waals surface area contributed by atoms with E-state index in [1.807, 2.05) is 32.6 Å². The van der Waals surface area contributed by atoms with Crippen LogP contribution in [0.15, 0.2) is 0 Å². The summed E-state index contributed by atoms with van der Waals surface area (Å²) in [5.74, 6) is 1.01. The third kappa shape index (κ3) is 7.69. The molecule has 0 aliphatic carbocycles. The molecular formula is C13H30N2O. The Morgan fingerprint density at radius 2 is 1.62 bits per heavy atom. The quantitative estimate of drug-likeness (QED) is 0.792. The Hall–Kier alpha value is -0.570. The normalized spacial score (nSPS) is 15.5. The summed E-state index contributed by atoms with van der Waals surface area (Å²) in [6.07, 6.45) is 2.81. The van der Waals surface area contributed by atoms with E-state index in [-0.39, 0.29) is 5.91 Å². The molecule has 98 valence electrons. The Labute approximate surface area is 101 Å². The molecule has 1 aliphatic heterocycles. The molecule has 0 aromatic carbocycles. The van der Waals surface area contributed by atoms with Gasteiger partial charge in [-0.2, -0.15) is 0 Å². The molecular weight excluding hydrogens is 200 g/mol. The Morgan fingerprint density at radius 3 is 2.00 bits per heavy atom.